The number of carbonyl (C=O) groups is 1. The minimum Gasteiger partial charge on any atom is -0.299 e. The second-order valence-electron chi connectivity index (χ2n) is 5.39. The van der Waals surface area contributed by atoms with Crippen molar-refractivity contribution in [2.75, 3.05) is 0 Å². The van der Waals surface area contributed by atoms with Gasteiger partial charge in [0.1, 0.15) is 5.78 Å². The van der Waals surface area contributed by atoms with Crippen LogP contribution in [0.15, 0.2) is 0 Å². The summed E-state index contributed by atoms with van der Waals surface area (Å²) in [6.07, 6.45) is 10.2. The molecule has 1 nitrogen and oxygen atoms in total. The van der Waals surface area contributed by atoms with Crippen LogP contribution < -0.4 is 0 Å². The Kier molecular flexibility index (Phi) is 1.59. The van der Waals surface area contributed by atoms with Gasteiger partial charge in [0, 0.05) is 11.8 Å². The molecule has 3 aliphatic carbocycles. The molecular weight excluding hydrogens is 160 g/mol. The van der Waals surface area contributed by atoms with Gasteiger partial charge in [-0.25, -0.2) is 0 Å². The topological polar surface area (TPSA) is 17.1 Å². The third kappa shape index (κ3) is 1.24. The quantitative estimate of drug-likeness (QED) is 0.649. The van der Waals surface area contributed by atoms with Crippen LogP contribution in [0.5, 0.6) is 0 Å². The molecule has 0 spiro atoms. The van der Waals surface area contributed by atoms with Gasteiger partial charge in [0.25, 0.3) is 0 Å². The van der Waals surface area contributed by atoms with Gasteiger partial charge >= 0.3 is 0 Å². The molecule has 3 fully saturated rings. The van der Waals surface area contributed by atoms with Crippen molar-refractivity contribution in [2.24, 2.45) is 17.3 Å². The molecular formula is C12H18O. The summed E-state index contributed by atoms with van der Waals surface area (Å²) in [7, 11) is 0. The summed E-state index contributed by atoms with van der Waals surface area (Å²) in [6.45, 7) is 0. The summed E-state index contributed by atoms with van der Waals surface area (Å²) < 4.78 is 0. The molecule has 0 heterocycles. The average molecular weight is 178 g/mol. The van der Waals surface area contributed by atoms with Crippen LogP contribution in [-0.2, 0) is 4.79 Å². The molecule has 0 aliphatic heterocycles. The molecule has 0 aromatic rings. The number of Topliss-reactive ketones (excluding diaryl/α,β-unsaturated/α-hetero) is 1. The van der Waals surface area contributed by atoms with E-state index in [-0.39, 0.29) is 5.41 Å². The Balaban J connectivity index is 1.53. The molecule has 0 aromatic heterocycles. The van der Waals surface area contributed by atoms with E-state index in [1.807, 2.05) is 0 Å². The molecule has 72 valence electrons. The fraction of sp³-hybridized carbons (Fsp3) is 0.917. The monoisotopic (exact) mass is 178 g/mol. The molecule has 0 unspecified atom stereocenters. The predicted molar refractivity (Wildman–Crippen MR) is 51.4 cm³/mol. The van der Waals surface area contributed by atoms with Gasteiger partial charge in [-0.1, -0.05) is 32.1 Å². The zero-order valence-electron chi connectivity index (χ0n) is 8.22. The number of fused-ring (bicyclic) bond motifs is 1. The smallest absolute Gasteiger partial charge is 0.139 e. The van der Waals surface area contributed by atoms with E-state index in [0.717, 1.165) is 18.3 Å². The number of hydrogen-bond acceptors (Lipinski definition) is 1. The van der Waals surface area contributed by atoms with E-state index in [0.29, 0.717) is 5.78 Å². The van der Waals surface area contributed by atoms with Crippen molar-refractivity contribution in [3.8, 4) is 0 Å². The average Bonchev–Trinajstić information content (AvgIpc) is 2.92. The molecule has 0 aromatic carbocycles. The fourth-order valence-electron chi connectivity index (χ4n) is 3.01. The molecule has 0 atom stereocenters. The molecule has 13 heavy (non-hydrogen) atoms. The predicted octanol–water partition coefficient (Wildman–Crippen LogP) is 2.94. The van der Waals surface area contributed by atoms with Gasteiger partial charge < -0.3 is 0 Å². The Morgan fingerprint density at radius 1 is 1.15 bits per heavy atom. The van der Waals surface area contributed by atoms with Crippen LogP contribution in [0.3, 0.4) is 0 Å². The summed E-state index contributed by atoms with van der Waals surface area (Å²) in [4.78, 5) is 11.8. The third-order valence-corrected chi connectivity index (χ3v) is 4.44. The Bertz CT molecular complexity index is 232. The summed E-state index contributed by atoms with van der Waals surface area (Å²) >= 11 is 0. The van der Waals surface area contributed by atoms with Crippen LogP contribution in [-0.4, -0.2) is 5.78 Å². The number of rotatable bonds is 3. The maximum atomic E-state index is 11.8. The van der Waals surface area contributed by atoms with Crippen molar-refractivity contribution in [3.05, 3.63) is 0 Å². The Hall–Kier alpha value is -0.330. The van der Waals surface area contributed by atoms with E-state index in [2.05, 4.69) is 0 Å². The van der Waals surface area contributed by atoms with E-state index in [9.17, 15) is 4.79 Å². The number of hydrogen-bond donors (Lipinski definition) is 0. The molecule has 0 bridgehead atoms. The van der Waals surface area contributed by atoms with Crippen molar-refractivity contribution >= 4 is 5.78 Å². The first-order valence-corrected chi connectivity index (χ1v) is 5.84. The lowest BCUT2D eigenvalue weighted by Crippen LogP contribution is -2.15. The second-order valence-corrected chi connectivity index (χ2v) is 5.39. The first-order valence-electron chi connectivity index (χ1n) is 5.84. The lowest BCUT2D eigenvalue weighted by Gasteiger charge is -2.21. The normalized spacial score (nSPS) is 42.6. The van der Waals surface area contributed by atoms with E-state index in [4.69, 9.17) is 0 Å². The SMILES string of the molecule is O=C(CC1CCCCC1)C12CC1C2. The van der Waals surface area contributed by atoms with Crippen LogP contribution in [0.25, 0.3) is 0 Å². The molecule has 1 heteroatoms. The van der Waals surface area contributed by atoms with E-state index < -0.39 is 0 Å². The van der Waals surface area contributed by atoms with Gasteiger partial charge in [0.05, 0.1) is 0 Å². The van der Waals surface area contributed by atoms with Gasteiger partial charge in [0.15, 0.2) is 0 Å². The molecule has 0 saturated heterocycles. The third-order valence-electron chi connectivity index (χ3n) is 4.44. The zero-order chi connectivity index (χ0) is 8.89. The Morgan fingerprint density at radius 2 is 1.77 bits per heavy atom. The Morgan fingerprint density at radius 3 is 2.31 bits per heavy atom. The first kappa shape index (κ1) is 8.02. The van der Waals surface area contributed by atoms with E-state index in [1.54, 1.807) is 0 Å². The van der Waals surface area contributed by atoms with Gasteiger partial charge in [-0.05, 0) is 24.7 Å². The van der Waals surface area contributed by atoms with Gasteiger partial charge in [-0.15, -0.1) is 0 Å². The van der Waals surface area contributed by atoms with Crippen molar-refractivity contribution in [1.82, 2.24) is 0 Å². The summed E-state index contributed by atoms with van der Waals surface area (Å²) in [6, 6.07) is 0. The highest BCUT2D eigenvalue weighted by atomic mass is 16.1. The summed E-state index contributed by atoms with van der Waals surface area (Å²) in [5.41, 5.74) is 0.289. The highest BCUT2D eigenvalue weighted by Crippen LogP contribution is 2.76. The van der Waals surface area contributed by atoms with Crippen LogP contribution in [0.4, 0.5) is 0 Å². The second kappa shape index (κ2) is 2.59. The highest BCUT2D eigenvalue weighted by molar-refractivity contribution is 5.92. The lowest BCUT2D eigenvalue weighted by atomic mass is 9.84. The largest absolute Gasteiger partial charge is 0.299 e. The van der Waals surface area contributed by atoms with E-state index >= 15 is 0 Å². The summed E-state index contributed by atoms with van der Waals surface area (Å²) in [5.74, 6) is 2.24. The van der Waals surface area contributed by atoms with Crippen molar-refractivity contribution in [2.45, 2.75) is 51.4 Å². The first-order chi connectivity index (χ1) is 6.31. The molecule has 3 saturated carbocycles. The van der Waals surface area contributed by atoms with Gasteiger partial charge in [-0.3, -0.25) is 4.79 Å². The Labute approximate surface area is 79.9 Å². The van der Waals surface area contributed by atoms with E-state index in [1.165, 1.54) is 44.9 Å². The molecule has 3 rings (SSSR count). The van der Waals surface area contributed by atoms with Gasteiger partial charge in [0.2, 0.25) is 0 Å². The standard InChI is InChI=1S/C12H18O/c13-11(12-7-10(12)8-12)6-9-4-2-1-3-5-9/h9-10H,1-8H2. The summed E-state index contributed by atoms with van der Waals surface area (Å²) in [5, 5.41) is 0. The van der Waals surface area contributed by atoms with Crippen LogP contribution in [0.2, 0.25) is 0 Å². The van der Waals surface area contributed by atoms with Crippen LogP contribution in [0.1, 0.15) is 51.4 Å². The van der Waals surface area contributed by atoms with Crippen molar-refractivity contribution in [3.63, 3.8) is 0 Å². The number of ketones is 1. The van der Waals surface area contributed by atoms with Crippen molar-refractivity contribution < 1.29 is 4.79 Å². The molecule has 0 radical (unpaired) electrons. The molecule has 0 amide bonds. The maximum Gasteiger partial charge on any atom is 0.139 e. The molecule has 0 N–H and O–H groups in total. The minimum absolute atomic E-state index is 0.289. The highest BCUT2D eigenvalue weighted by Gasteiger charge is 2.73. The fourth-order valence-corrected chi connectivity index (χ4v) is 3.01. The van der Waals surface area contributed by atoms with Crippen LogP contribution >= 0.6 is 0 Å². The molecule has 3 aliphatic rings. The maximum absolute atomic E-state index is 11.8. The lowest BCUT2D eigenvalue weighted by molar-refractivity contribution is -0.123. The van der Waals surface area contributed by atoms with Crippen molar-refractivity contribution in [1.29, 1.82) is 0 Å². The van der Waals surface area contributed by atoms with Gasteiger partial charge in [-0.2, -0.15) is 0 Å². The van der Waals surface area contributed by atoms with Crippen LogP contribution in [0, 0.1) is 17.3 Å². The minimum atomic E-state index is 0.289. The number of carbonyl (C=O) groups excluding carboxylic acids is 1. The zero-order valence-corrected chi connectivity index (χ0v) is 8.22.